The highest BCUT2D eigenvalue weighted by Crippen LogP contribution is 2.34. The molecule has 1 fully saturated rings. The molecule has 1 aliphatic rings. The van der Waals surface area contributed by atoms with Crippen molar-refractivity contribution in [1.29, 1.82) is 0 Å². The van der Waals surface area contributed by atoms with E-state index in [-0.39, 0.29) is 5.91 Å². The molecule has 2 aromatic carbocycles. The number of aromatic nitrogens is 2. The van der Waals surface area contributed by atoms with Gasteiger partial charge in [-0.15, -0.1) is 0 Å². The van der Waals surface area contributed by atoms with Crippen molar-refractivity contribution in [3.8, 4) is 11.5 Å². The minimum atomic E-state index is -0.0947. The lowest BCUT2D eigenvalue weighted by Gasteiger charge is -2.26. The Bertz CT molecular complexity index is 1220. The molecular weight excluding hydrogens is 482 g/mol. The van der Waals surface area contributed by atoms with E-state index in [0.29, 0.717) is 36.4 Å². The number of carbonyl (C=O) groups is 1. The van der Waals surface area contributed by atoms with Crippen LogP contribution in [-0.2, 0) is 9.53 Å². The second kappa shape index (κ2) is 13.7. The maximum absolute atomic E-state index is 11.9. The summed E-state index contributed by atoms with van der Waals surface area (Å²) in [6.45, 7) is 9.91. The van der Waals surface area contributed by atoms with Crippen molar-refractivity contribution in [2.45, 2.75) is 20.3 Å². The van der Waals surface area contributed by atoms with Crippen molar-refractivity contribution < 1.29 is 19.0 Å². The Morgan fingerprint density at radius 3 is 2.66 bits per heavy atom. The Kier molecular flexibility index (Phi) is 9.89. The predicted molar refractivity (Wildman–Crippen MR) is 150 cm³/mol. The summed E-state index contributed by atoms with van der Waals surface area (Å²) in [4.78, 5) is 23.2. The second-order valence-corrected chi connectivity index (χ2v) is 9.62. The van der Waals surface area contributed by atoms with Crippen molar-refractivity contribution in [2.75, 3.05) is 58.4 Å². The summed E-state index contributed by atoms with van der Waals surface area (Å²) in [6, 6.07) is 11.6. The Hall–Kier alpha value is -3.69. The Labute approximate surface area is 224 Å². The normalized spacial score (nSPS) is 14.2. The fraction of sp³-hybridized carbons (Fsp3) is 0.414. The zero-order valence-corrected chi connectivity index (χ0v) is 22.4. The van der Waals surface area contributed by atoms with E-state index in [4.69, 9.17) is 14.2 Å². The van der Waals surface area contributed by atoms with Gasteiger partial charge in [0.15, 0.2) is 11.5 Å². The molecule has 0 bridgehead atoms. The van der Waals surface area contributed by atoms with E-state index < -0.39 is 0 Å². The van der Waals surface area contributed by atoms with Gasteiger partial charge >= 0.3 is 0 Å². The molecule has 1 aromatic heterocycles. The second-order valence-electron chi connectivity index (χ2n) is 9.62. The number of benzene rings is 2. The molecule has 3 aromatic rings. The van der Waals surface area contributed by atoms with Gasteiger partial charge in [0.1, 0.15) is 12.1 Å². The van der Waals surface area contributed by atoms with E-state index in [1.54, 1.807) is 19.3 Å². The first-order valence-electron chi connectivity index (χ1n) is 13.1. The van der Waals surface area contributed by atoms with Crippen LogP contribution in [0, 0.1) is 5.92 Å². The van der Waals surface area contributed by atoms with E-state index in [0.717, 1.165) is 61.4 Å². The van der Waals surface area contributed by atoms with Gasteiger partial charge in [0.2, 0.25) is 5.91 Å². The van der Waals surface area contributed by atoms with E-state index >= 15 is 0 Å². The predicted octanol–water partition coefficient (Wildman–Crippen LogP) is 4.27. The van der Waals surface area contributed by atoms with Crippen LogP contribution < -0.4 is 20.1 Å². The van der Waals surface area contributed by atoms with Crippen molar-refractivity contribution >= 4 is 34.4 Å². The zero-order valence-electron chi connectivity index (χ0n) is 22.4. The smallest absolute Gasteiger partial charge is 0.244 e. The third kappa shape index (κ3) is 7.90. The Balaban J connectivity index is 1.39. The van der Waals surface area contributed by atoms with E-state index in [2.05, 4.69) is 39.3 Å². The standard InChI is InChI=1S/C29H37N5O4/c1-21(2)19-30-28(35)10-7-22-5-8-23(9-6-22)33-29-24-17-26(36-3)27(18-25(24)31-20-32-29)38-14-4-11-34-12-15-37-16-13-34/h5-10,17-18,20-21H,4,11-16,19H2,1-3H3,(H,30,35)(H,31,32,33)/b10-7+. The number of morpholine rings is 1. The van der Waals surface area contributed by atoms with Crippen LogP contribution in [0.15, 0.2) is 48.8 Å². The highest BCUT2D eigenvalue weighted by Gasteiger charge is 2.13. The molecule has 0 radical (unpaired) electrons. The molecule has 202 valence electrons. The third-order valence-electron chi connectivity index (χ3n) is 6.19. The van der Waals surface area contributed by atoms with Gasteiger partial charge in [-0.25, -0.2) is 9.97 Å². The van der Waals surface area contributed by atoms with Crippen molar-refractivity contribution in [3.05, 3.63) is 54.4 Å². The van der Waals surface area contributed by atoms with Crippen molar-refractivity contribution in [2.24, 2.45) is 5.92 Å². The monoisotopic (exact) mass is 519 g/mol. The lowest BCUT2D eigenvalue weighted by atomic mass is 10.1. The average molecular weight is 520 g/mol. The lowest BCUT2D eigenvalue weighted by Crippen LogP contribution is -2.37. The van der Waals surface area contributed by atoms with Crippen LogP contribution in [0.25, 0.3) is 17.0 Å². The summed E-state index contributed by atoms with van der Waals surface area (Å²) in [6.07, 6.45) is 5.81. The van der Waals surface area contributed by atoms with Crippen LogP contribution >= 0.6 is 0 Å². The molecule has 1 amide bonds. The largest absolute Gasteiger partial charge is 0.493 e. The highest BCUT2D eigenvalue weighted by molar-refractivity contribution is 5.93. The Morgan fingerprint density at radius 1 is 1.13 bits per heavy atom. The zero-order chi connectivity index (χ0) is 26.7. The summed E-state index contributed by atoms with van der Waals surface area (Å²) >= 11 is 0. The topological polar surface area (TPSA) is 97.8 Å². The number of methoxy groups -OCH3 is 1. The summed E-state index contributed by atoms with van der Waals surface area (Å²) in [7, 11) is 1.63. The molecule has 0 spiro atoms. The molecule has 9 nitrogen and oxygen atoms in total. The van der Waals surface area contributed by atoms with Gasteiger partial charge in [-0.1, -0.05) is 26.0 Å². The number of anilines is 2. The first kappa shape index (κ1) is 27.3. The molecule has 1 aliphatic heterocycles. The first-order valence-corrected chi connectivity index (χ1v) is 13.1. The summed E-state index contributed by atoms with van der Waals surface area (Å²) in [5, 5.41) is 7.07. The van der Waals surface area contributed by atoms with E-state index in [1.165, 1.54) is 6.33 Å². The minimum absolute atomic E-state index is 0.0947. The maximum Gasteiger partial charge on any atom is 0.244 e. The highest BCUT2D eigenvalue weighted by atomic mass is 16.5. The molecular formula is C29H37N5O4. The number of fused-ring (bicyclic) bond motifs is 1. The SMILES string of the molecule is COc1cc2c(Nc3ccc(/C=C/C(=O)NCC(C)C)cc3)ncnc2cc1OCCCN1CCOCC1. The molecule has 0 saturated carbocycles. The lowest BCUT2D eigenvalue weighted by molar-refractivity contribution is -0.116. The number of ether oxygens (including phenoxy) is 3. The van der Waals surface area contributed by atoms with Gasteiger partial charge < -0.3 is 24.8 Å². The fourth-order valence-corrected chi connectivity index (χ4v) is 4.08. The third-order valence-corrected chi connectivity index (χ3v) is 6.19. The van der Waals surface area contributed by atoms with Crippen LogP contribution in [0.1, 0.15) is 25.8 Å². The number of hydrogen-bond acceptors (Lipinski definition) is 8. The molecule has 0 aliphatic carbocycles. The first-order chi connectivity index (χ1) is 18.5. The molecule has 38 heavy (non-hydrogen) atoms. The molecule has 0 unspecified atom stereocenters. The number of amides is 1. The van der Waals surface area contributed by atoms with Gasteiger partial charge in [-0.05, 0) is 42.2 Å². The van der Waals surface area contributed by atoms with Crippen molar-refractivity contribution in [3.63, 3.8) is 0 Å². The molecule has 1 saturated heterocycles. The Morgan fingerprint density at radius 2 is 1.92 bits per heavy atom. The van der Waals surface area contributed by atoms with E-state index in [9.17, 15) is 4.79 Å². The van der Waals surface area contributed by atoms with Gasteiger partial charge in [0, 0.05) is 49.4 Å². The summed E-state index contributed by atoms with van der Waals surface area (Å²) in [5.74, 6) is 2.30. The van der Waals surface area contributed by atoms with Gasteiger partial charge in [0.25, 0.3) is 0 Å². The summed E-state index contributed by atoms with van der Waals surface area (Å²) in [5.41, 5.74) is 2.56. The molecule has 4 rings (SSSR count). The van der Waals surface area contributed by atoms with Gasteiger partial charge in [-0.3, -0.25) is 9.69 Å². The fourth-order valence-electron chi connectivity index (χ4n) is 4.08. The van der Waals surface area contributed by atoms with Crippen molar-refractivity contribution in [1.82, 2.24) is 20.2 Å². The number of nitrogens with zero attached hydrogens (tertiary/aromatic N) is 3. The number of rotatable bonds is 12. The molecule has 0 atom stereocenters. The summed E-state index contributed by atoms with van der Waals surface area (Å²) < 4.78 is 17.1. The van der Waals surface area contributed by atoms with Gasteiger partial charge in [-0.2, -0.15) is 0 Å². The van der Waals surface area contributed by atoms with Crippen LogP contribution in [-0.4, -0.2) is 73.9 Å². The van der Waals surface area contributed by atoms with Crippen LogP contribution in [0.4, 0.5) is 11.5 Å². The molecule has 2 N–H and O–H groups in total. The molecule has 9 heteroatoms. The average Bonchev–Trinajstić information content (AvgIpc) is 2.94. The minimum Gasteiger partial charge on any atom is -0.493 e. The van der Waals surface area contributed by atoms with Crippen LogP contribution in [0.5, 0.6) is 11.5 Å². The number of hydrogen-bond donors (Lipinski definition) is 2. The van der Waals surface area contributed by atoms with Gasteiger partial charge in [0.05, 0.1) is 32.4 Å². The molecule has 2 heterocycles. The maximum atomic E-state index is 11.9. The van der Waals surface area contributed by atoms with E-state index in [1.807, 2.05) is 36.4 Å². The number of nitrogens with one attached hydrogen (secondary N) is 2. The quantitative estimate of drug-likeness (QED) is 0.271. The van der Waals surface area contributed by atoms with Crippen LogP contribution in [0.3, 0.4) is 0 Å². The van der Waals surface area contributed by atoms with Crippen LogP contribution in [0.2, 0.25) is 0 Å². The number of carbonyl (C=O) groups excluding carboxylic acids is 1.